The van der Waals surface area contributed by atoms with Crippen LogP contribution in [0.1, 0.15) is 21.3 Å². The normalized spacial score (nSPS) is 12.5. The first kappa shape index (κ1) is 21.9. The maximum Gasteiger partial charge on any atom is 0.261 e. The van der Waals surface area contributed by atoms with Crippen LogP contribution in [0.5, 0.6) is 0 Å². The van der Waals surface area contributed by atoms with Gasteiger partial charge in [-0.1, -0.05) is 12.1 Å². The molecule has 1 atom stereocenters. The van der Waals surface area contributed by atoms with Crippen molar-refractivity contribution in [1.82, 2.24) is 10.2 Å². The van der Waals surface area contributed by atoms with Crippen molar-refractivity contribution < 1.29 is 17.6 Å². The highest BCUT2D eigenvalue weighted by Crippen LogP contribution is 2.23. The van der Waals surface area contributed by atoms with E-state index in [9.17, 15) is 17.6 Å². The molecule has 0 saturated heterocycles. The van der Waals surface area contributed by atoms with Gasteiger partial charge in [-0.15, -0.1) is 11.3 Å². The number of carbonyl (C=O) groups excluding carboxylic acids is 1. The maximum atomic E-state index is 13.0. The molecular formula is C21H22FN3O3S2. The number of anilines is 1. The molecule has 0 aliphatic rings. The van der Waals surface area contributed by atoms with Crippen molar-refractivity contribution in [2.75, 3.05) is 25.4 Å². The molecule has 0 fully saturated rings. The van der Waals surface area contributed by atoms with Crippen LogP contribution in [0, 0.1) is 5.82 Å². The van der Waals surface area contributed by atoms with E-state index in [2.05, 4.69) is 10.0 Å². The second kappa shape index (κ2) is 9.38. The molecule has 1 amide bonds. The number of likely N-dealkylation sites (N-methyl/N-ethyl adjacent to an activating group) is 1. The highest BCUT2D eigenvalue weighted by atomic mass is 32.2. The van der Waals surface area contributed by atoms with Gasteiger partial charge in [-0.25, -0.2) is 12.8 Å². The number of hydrogen-bond acceptors (Lipinski definition) is 5. The van der Waals surface area contributed by atoms with Gasteiger partial charge in [0, 0.05) is 22.7 Å². The number of hydrogen-bond donors (Lipinski definition) is 2. The van der Waals surface area contributed by atoms with Crippen molar-refractivity contribution in [3.63, 3.8) is 0 Å². The van der Waals surface area contributed by atoms with Crippen LogP contribution in [0.3, 0.4) is 0 Å². The first-order valence-corrected chi connectivity index (χ1v) is 11.5. The smallest absolute Gasteiger partial charge is 0.261 e. The molecule has 30 heavy (non-hydrogen) atoms. The van der Waals surface area contributed by atoms with Crippen LogP contribution in [0.25, 0.3) is 0 Å². The van der Waals surface area contributed by atoms with Crippen LogP contribution in [-0.4, -0.2) is 39.9 Å². The summed E-state index contributed by atoms with van der Waals surface area (Å²) in [7, 11) is -0.0506. The van der Waals surface area contributed by atoms with Crippen molar-refractivity contribution in [2.45, 2.75) is 10.9 Å². The van der Waals surface area contributed by atoms with Gasteiger partial charge in [0.25, 0.3) is 15.9 Å². The standard InChI is InChI=1S/C21H22FN3O3S2/c1-25(2)19(20-7-4-12-29-20)14-23-21(26)15-5-3-6-18(13-15)30(27,28)24-17-10-8-16(22)9-11-17/h3-13,19,24H,14H2,1-2H3,(H,23,26). The lowest BCUT2D eigenvalue weighted by molar-refractivity contribution is 0.0942. The summed E-state index contributed by atoms with van der Waals surface area (Å²) in [6.07, 6.45) is 0. The lowest BCUT2D eigenvalue weighted by atomic mass is 10.2. The van der Waals surface area contributed by atoms with Crippen LogP contribution in [0.15, 0.2) is 70.9 Å². The molecule has 3 rings (SSSR count). The molecule has 0 bridgehead atoms. The van der Waals surface area contributed by atoms with Gasteiger partial charge >= 0.3 is 0 Å². The van der Waals surface area contributed by atoms with Crippen LogP contribution >= 0.6 is 11.3 Å². The minimum atomic E-state index is -3.92. The van der Waals surface area contributed by atoms with Crippen LogP contribution in [-0.2, 0) is 10.0 Å². The zero-order valence-corrected chi connectivity index (χ0v) is 18.1. The fraction of sp³-hybridized carbons (Fsp3) is 0.190. The summed E-state index contributed by atoms with van der Waals surface area (Å²) in [5.41, 5.74) is 0.469. The molecule has 1 aromatic heterocycles. The third kappa shape index (κ3) is 5.44. The molecule has 158 valence electrons. The van der Waals surface area contributed by atoms with Crippen molar-refractivity contribution in [3.05, 3.63) is 82.3 Å². The van der Waals surface area contributed by atoms with E-state index in [4.69, 9.17) is 0 Å². The lowest BCUT2D eigenvalue weighted by Crippen LogP contribution is -2.34. The number of rotatable bonds is 8. The summed E-state index contributed by atoms with van der Waals surface area (Å²) in [5.74, 6) is -0.826. The van der Waals surface area contributed by atoms with E-state index in [1.165, 1.54) is 30.3 Å². The van der Waals surface area contributed by atoms with Gasteiger partial charge in [0.05, 0.1) is 10.9 Å². The number of nitrogens with one attached hydrogen (secondary N) is 2. The zero-order chi connectivity index (χ0) is 21.7. The highest BCUT2D eigenvalue weighted by Gasteiger charge is 2.19. The third-order valence-corrected chi connectivity index (χ3v) is 6.81. The predicted octanol–water partition coefficient (Wildman–Crippen LogP) is 3.72. The molecule has 0 spiro atoms. The monoisotopic (exact) mass is 447 g/mol. The van der Waals surface area contributed by atoms with E-state index in [0.29, 0.717) is 6.54 Å². The third-order valence-electron chi connectivity index (χ3n) is 4.45. The molecular weight excluding hydrogens is 425 g/mol. The fourth-order valence-electron chi connectivity index (χ4n) is 2.85. The van der Waals surface area contributed by atoms with E-state index in [1.54, 1.807) is 17.4 Å². The summed E-state index contributed by atoms with van der Waals surface area (Å²) in [6.45, 7) is 0.386. The summed E-state index contributed by atoms with van der Waals surface area (Å²) in [5, 5.41) is 4.85. The molecule has 0 radical (unpaired) electrons. The van der Waals surface area contributed by atoms with Gasteiger partial charge in [-0.05, 0) is 68.0 Å². The predicted molar refractivity (Wildman–Crippen MR) is 117 cm³/mol. The molecule has 3 aromatic rings. The number of nitrogens with zero attached hydrogens (tertiary/aromatic N) is 1. The van der Waals surface area contributed by atoms with E-state index in [0.717, 1.165) is 17.0 Å². The molecule has 9 heteroatoms. The number of carbonyl (C=O) groups is 1. The van der Waals surface area contributed by atoms with Crippen LogP contribution < -0.4 is 10.0 Å². The Balaban J connectivity index is 1.72. The van der Waals surface area contributed by atoms with Crippen molar-refractivity contribution in [1.29, 1.82) is 0 Å². The van der Waals surface area contributed by atoms with Gasteiger partial charge < -0.3 is 10.2 Å². The van der Waals surface area contributed by atoms with Gasteiger partial charge in [0.15, 0.2) is 0 Å². The van der Waals surface area contributed by atoms with Crippen LogP contribution in [0.4, 0.5) is 10.1 Å². The van der Waals surface area contributed by atoms with Gasteiger partial charge in [0.2, 0.25) is 0 Å². The largest absolute Gasteiger partial charge is 0.350 e. The molecule has 0 aliphatic heterocycles. The number of benzene rings is 2. The molecule has 1 heterocycles. The fourth-order valence-corrected chi connectivity index (χ4v) is 4.87. The molecule has 2 N–H and O–H groups in total. The number of thiophene rings is 1. The quantitative estimate of drug-likeness (QED) is 0.552. The molecule has 6 nitrogen and oxygen atoms in total. The minimum absolute atomic E-state index is 0.0148. The molecule has 0 aliphatic carbocycles. The van der Waals surface area contributed by atoms with Crippen LogP contribution in [0.2, 0.25) is 0 Å². The van der Waals surface area contributed by atoms with Crippen molar-refractivity contribution >= 4 is 33.0 Å². The second-order valence-electron chi connectivity index (χ2n) is 6.85. The Morgan fingerprint density at radius 3 is 2.47 bits per heavy atom. The number of halogens is 1. The number of sulfonamides is 1. The Hall–Kier alpha value is -2.75. The summed E-state index contributed by atoms with van der Waals surface area (Å²) in [6, 6.07) is 14.8. The highest BCUT2D eigenvalue weighted by molar-refractivity contribution is 7.92. The lowest BCUT2D eigenvalue weighted by Gasteiger charge is -2.23. The Morgan fingerprint density at radius 2 is 1.83 bits per heavy atom. The van der Waals surface area contributed by atoms with Crippen molar-refractivity contribution in [2.24, 2.45) is 0 Å². The summed E-state index contributed by atoms with van der Waals surface area (Å²) in [4.78, 5) is 15.7. The van der Waals surface area contributed by atoms with Crippen molar-refractivity contribution in [3.8, 4) is 0 Å². The van der Waals surface area contributed by atoms with Gasteiger partial charge in [0.1, 0.15) is 5.82 Å². The van der Waals surface area contributed by atoms with E-state index in [-0.39, 0.29) is 28.1 Å². The first-order chi connectivity index (χ1) is 14.3. The summed E-state index contributed by atoms with van der Waals surface area (Å²) >= 11 is 1.61. The minimum Gasteiger partial charge on any atom is -0.350 e. The Labute approximate surface area is 179 Å². The average Bonchev–Trinajstić information content (AvgIpc) is 3.24. The molecule has 2 aromatic carbocycles. The van der Waals surface area contributed by atoms with Gasteiger partial charge in [-0.2, -0.15) is 0 Å². The SMILES string of the molecule is CN(C)C(CNC(=O)c1cccc(S(=O)(=O)Nc2ccc(F)cc2)c1)c1cccs1. The van der Waals surface area contributed by atoms with E-state index < -0.39 is 15.8 Å². The Kier molecular flexibility index (Phi) is 6.86. The molecule has 1 unspecified atom stereocenters. The number of amides is 1. The maximum absolute atomic E-state index is 13.0. The average molecular weight is 448 g/mol. The summed E-state index contributed by atoms with van der Waals surface area (Å²) < 4.78 is 40.7. The molecule has 0 saturated carbocycles. The van der Waals surface area contributed by atoms with E-state index >= 15 is 0 Å². The Bertz CT molecular complexity index is 1100. The second-order valence-corrected chi connectivity index (χ2v) is 9.51. The first-order valence-electron chi connectivity index (χ1n) is 9.13. The van der Waals surface area contributed by atoms with Gasteiger partial charge in [-0.3, -0.25) is 9.52 Å². The Morgan fingerprint density at radius 1 is 1.10 bits per heavy atom. The zero-order valence-electron chi connectivity index (χ0n) is 16.5. The van der Waals surface area contributed by atoms with E-state index in [1.807, 2.05) is 36.5 Å². The topological polar surface area (TPSA) is 78.5 Å².